The van der Waals surface area contributed by atoms with Crippen LogP contribution in [-0.4, -0.2) is 17.5 Å². The second-order valence-corrected chi connectivity index (χ2v) is 1.22. The van der Waals surface area contributed by atoms with Gasteiger partial charge in [-0.25, -0.2) is 0 Å². The highest BCUT2D eigenvalue weighted by Gasteiger charge is 1.49. The van der Waals surface area contributed by atoms with E-state index in [-0.39, 0.29) is 6.15 Å². The molecule has 0 unspecified atom stereocenters. The van der Waals surface area contributed by atoms with Crippen LogP contribution >= 0.6 is 0 Å². The van der Waals surface area contributed by atoms with E-state index in [2.05, 4.69) is 0 Å². The molecule has 40 valence electrons. The monoisotopic (exact) mass is 114 g/mol. The zero-order chi connectivity index (χ0) is 4.50. The maximum Gasteiger partial charge on any atom is 0.0311 e. The number of hydrogen-bond acceptors (Lipinski definition) is 4. The average molecular weight is 114 g/mol. The van der Waals surface area contributed by atoms with Crippen LogP contribution in [0, 0.1) is 0 Å². The molecular formula is H4NO4S-. The maximum atomic E-state index is 8.52. The molecule has 0 atom stereocenters. The van der Waals surface area contributed by atoms with Crippen LogP contribution in [-0.2, 0) is 10.4 Å². The minimum absolute atomic E-state index is 0. The van der Waals surface area contributed by atoms with Gasteiger partial charge in [0, 0.05) is 10.4 Å². The Kier molecular flexibility index (Phi) is 3.22. The molecule has 0 heterocycles. The van der Waals surface area contributed by atoms with E-state index in [1.165, 1.54) is 0 Å². The normalized spacial score (nSPS) is 9.67. The minimum atomic E-state index is -5.17. The van der Waals surface area contributed by atoms with Gasteiger partial charge in [-0.2, -0.15) is 0 Å². The molecule has 0 aliphatic rings. The molecule has 0 aliphatic carbocycles. The van der Waals surface area contributed by atoms with Gasteiger partial charge in [-0.05, 0) is 0 Å². The van der Waals surface area contributed by atoms with Crippen molar-refractivity contribution in [3.05, 3.63) is 0 Å². The highest BCUT2D eigenvalue weighted by molar-refractivity contribution is 7.79. The summed E-state index contributed by atoms with van der Waals surface area (Å²) in [7, 11) is -5.17. The quantitative estimate of drug-likeness (QED) is 0.322. The fraction of sp³-hybridized carbons (Fsp3) is 0. The van der Waals surface area contributed by atoms with E-state index < -0.39 is 10.4 Å². The standard InChI is InChI=1S/H3N.H2O4S/c;1-5(2,3)4/h1H3;(H2,1,2,3,4)/p-1. The fourth-order valence-corrected chi connectivity index (χ4v) is 0. The van der Waals surface area contributed by atoms with Crippen molar-refractivity contribution < 1.29 is 17.5 Å². The molecule has 0 saturated heterocycles. The molecule has 0 aromatic carbocycles. The summed E-state index contributed by atoms with van der Waals surface area (Å²) >= 11 is 0. The van der Waals surface area contributed by atoms with E-state index >= 15 is 0 Å². The summed E-state index contributed by atoms with van der Waals surface area (Å²) in [6.45, 7) is 0. The highest BCUT2D eigenvalue weighted by Crippen LogP contribution is 1.57. The third kappa shape index (κ3) is 1060. The summed E-state index contributed by atoms with van der Waals surface area (Å²) in [5.41, 5.74) is 0. The van der Waals surface area contributed by atoms with Gasteiger partial charge in [-0.3, -0.25) is 8.42 Å². The Morgan fingerprint density at radius 3 is 1.17 bits per heavy atom. The zero-order valence-electron chi connectivity index (χ0n) is 3.04. The predicted molar refractivity (Wildman–Crippen MR) is 16.5 cm³/mol. The van der Waals surface area contributed by atoms with Gasteiger partial charge < -0.3 is 15.3 Å². The van der Waals surface area contributed by atoms with Gasteiger partial charge >= 0.3 is 0 Å². The molecule has 4 N–H and O–H groups in total. The summed E-state index contributed by atoms with van der Waals surface area (Å²) in [4.78, 5) is 0. The molecule has 0 amide bonds. The fourth-order valence-electron chi connectivity index (χ4n) is 0. The minimum Gasteiger partial charge on any atom is -0.759 e. The van der Waals surface area contributed by atoms with E-state index in [1.54, 1.807) is 0 Å². The average Bonchev–Trinajstić information content (AvgIpc) is 0.722. The van der Waals surface area contributed by atoms with Gasteiger partial charge in [0.25, 0.3) is 0 Å². The lowest BCUT2D eigenvalue weighted by atomic mass is 14.0. The lowest BCUT2D eigenvalue weighted by Crippen LogP contribution is -1.91. The molecule has 0 radical (unpaired) electrons. The smallest absolute Gasteiger partial charge is 0.0311 e. The van der Waals surface area contributed by atoms with Gasteiger partial charge in [-0.1, -0.05) is 0 Å². The largest absolute Gasteiger partial charge is 0.759 e. The second kappa shape index (κ2) is 2.08. The SMILES string of the molecule is O=S(=O)([O-])[O-].[NH4+]. The second-order valence-electron chi connectivity index (χ2n) is 0.408. The van der Waals surface area contributed by atoms with E-state index in [0.29, 0.717) is 0 Å². The first kappa shape index (κ1) is 9.27. The molecule has 0 saturated carbocycles. The molecule has 6 heavy (non-hydrogen) atoms. The van der Waals surface area contributed by atoms with Crippen molar-refractivity contribution in [2.45, 2.75) is 0 Å². The third-order valence-corrected chi connectivity index (χ3v) is 0. The summed E-state index contributed by atoms with van der Waals surface area (Å²) in [5, 5.41) is 0. The van der Waals surface area contributed by atoms with Crippen LogP contribution < -0.4 is 6.15 Å². The Hall–Kier alpha value is -0.170. The van der Waals surface area contributed by atoms with Crippen LogP contribution in [0.25, 0.3) is 0 Å². The van der Waals surface area contributed by atoms with Gasteiger partial charge in [0.1, 0.15) is 0 Å². The number of quaternary nitrogens is 1. The Labute approximate surface area is 35.1 Å². The molecule has 0 aromatic rings. The van der Waals surface area contributed by atoms with E-state index in [1.807, 2.05) is 0 Å². The lowest BCUT2D eigenvalue weighted by molar-refractivity contribution is 0.352. The molecule has 0 spiro atoms. The topological polar surface area (TPSA) is 117 Å². The van der Waals surface area contributed by atoms with Crippen LogP contribution in [0.1, 0.15) is 0 Å². The summed E-state index contributed by atoms with van der Waals surface area (Å²) in [6, 6.07) is 0. The molecule has 0 fully saturated rings. The lowest BCUT2D eigenvalue weighted by Gasteiger charge is -2.06. The predicted octanol–water partition coefficient (Wildman–Crippen LogP) is -0.962. The van der Waals surface area contributed by atoms with E-state index in [0.717, 1.165) is 0 Å². The van der Waals surface area contributed by atoms with Crippen LogP contribution in [0.3, 0.4) is 0 Å². The first-order valence-electron chi connectivity index (χ1n) is 0.667. The maximum absolute atomic E-state index is 8.52. The summed E-state index contributed by atoms with van der Waals surface area (Å²) in [6.07, 6.45) is 0. The van der Waals surface area contributed by atoms with Gasteiger partial charge in [0.15, 0.2) is 0 Å². The molecule has 0 rings (SSSR count). The molecule has 0 aliphatic heterocycles. The summed E-state index contributed by atoms with van der Waals surface area (Å²) in [5.74, 6) is 0. The van der Waals surface area contributed by atoms with Crippen LogP contribution in [0.5, 0.6) is 0 Å². The third-order valence-electron chi connectivity index (χ3n) is 0. The molecule has 5 nitrogen and oxygen atoms in total. The van der Waals surface area contributed by atoms with Gasteiger partial charge in [0.05, 0.1) is 0 Å². The van der Waals surface area contributed by atoms with Gasteiger partial charge in [-0.15, -0.1) is 0 Å². The van der Waals surface area contributed by atoms with Crippen molar-refractivity contribution in [2.24, 2.45) is 0 Å². The van der Waals surface area contributed by atoms with Crippen LogP contribution in [0.15, 0.2) is 0 Å². The molecule has 0 aromatic heterocycles. The first-order chi connectivity index (χ1) is 2.00. The van der Waals surface area contributed by atoms with Crippen molar-refractivity contribution in [3.63, 3.8) is 0 Å². The Morgan fingerprint density at radius 2 is 1.17 bits per heavy atom. The Morgan fingerprint density at radius 1 is 1.17 bits per heavy atom. The zero-order valence-corrected chi connectivity index (χ0v) is 3.86. The van der Waals surface area contributed by atoms with Crippen molar-refractivity contribution in [2.75, 3.05) is 0 Å². The number of hydrogen-bond donors (Lipinski definition) is 1. The molecular weight excluding hydrogens is 110 g/mol. The van der Waals surface area contributed by atoms with Crippen molar-refractivity contribution in [1.82, 2.24) is 6.15 Å². The number of rotatable bonds is 0. The van der Waals surface area contributed by atoms with Gasteiger partial charge in [0.2, 0.25) is 0 Å². The Bertz CT molecular complexity index is 90.7. The Balaban J connectivity index is 0. The van der Waals surface area contributed by atoms with E-state index in [9.17, 15) is 0 Å². The highest BCUT2D eigenvalue weighted by atomic mass is 32.3. The van der Waals surface area contributed by atoms with Crippen LogP contribution in [0.4, 0.5) is 0 Å². The first-order valence-corrected chi connectivity index (χ1v) is 2.00. The van der Waals surface area contributed by atoms with Crippen molar-refractivity contribution in [3.8, 4) is 0 Å². The molecule has 6 heteroatoms. The van der Waals surface area contributed by atoms with Crippen molar-refractivity contribution >= 4 is 10.4 Å². The van der Waals surface area contributed by atoms with Crippen molar-refractivity contribution in [1.29, 1.82) is 0 Å². The van der Waals surface area contributed by atoms with E-state index in [4.69, 9.17) is 17.5 Å². The summed E-state index contributed by atoms with van der Waals surface area (Å²) < 4.78 is 34.1. The van der Waals surface area contributed by atoms with Crippen LogP contribution in [0.2, 0.25) is 0 Å². The molecule has 0 bridgehead atoms.